The van der Waals surface area contributed by atoms with Crippen LogP contribution in [0, 0.1) is 0 Å². The molecule has 0 unspecified atom stereocenters. The van der Waals surface area contributed by atoms with Crippen molar-refractivity contribution in [2.24, 2.45) is 0 Å². The van der Waals surface area contributed by atoms with Gasteiger partial charge in [0.15, 0.2) is 11.5 Å². The Kier molecular flexibility index (Phi) is 5.96. The minimum absolute atomic E-state index is 0.0356. The van der Waals surface area contributed by atoms with Gasteiger partial charge in [0.1, 0.15) is 5.37 Å². The fourth-order valence-corrected chi connectivity index (χ4v) is 5.41. The number of fused-ring (bicyclic) bond motifs is 1. The van der Waals surface area contributed by atoms with E-state index >= 15 is 0 Å². The maximum Gasteiger partial charge on any atom is 0.238 e. The summed E-state index contributed by atoms with van der Waals surface area (Å²) in [5.74, 6) is 1.49. The molecule has 33 heavy (non-hydrogen) atoms. The maximum atomic E-state index is 13.0. The van der Waals surface area contributed by atoms with Crippen LogP contribution < -0.4 is 19.7 Å². The van der Waals surface area contributed by atoms with Crippen LogP contribution in [0.3, 0.4) is 0 Å². The summed E-state index contributed by atoms with van der Waals surface area (Å²) in [6.07, 6.45) is 0.709. The van der Waals surface area contributed by atoms with Crippen molar-refractivity contribution in [3.63, 3.8) is 0 Å². The van der Waals surface area contributed by atoms with Crippen molar-refractivity contribution in [2.75, 3.05) is 22.8 Å². The van der Waals surface area contributed by atoms with E-state index in [1.165, 1.54) is 0 Å². The SMILES string of the molecule is CC[C@@H](C(=O)Nc1cccc([C@H]2SCC(=O)N2c2ccc3c(c2)OCO3)c1)c1ccccc1. The summed E-state index contributed by atoms with van der Waals surface area (Å²) in [5.41, 5.74) is 3.44. The van der Waals surface area contributed by atoms with Gasteiger partial charge in [-0.05, 0) is 41.8 Å². The van der Waals surface area contributed by atoms with E-state index in [1.54, 1.807) is 16.7 Å². The maximum absolute atomic E-state index is 13.0. The Morgan fingerprint density at radius 1 is 1.06 bits per heavy atom. The van der Waals surface area contributed by atoms with Crippen LogP contribution in [-0.4, -0.2) is 24.4 Å². The molecule has 0 bridgehead atoms. The van der Waals surface area contributed by atoms with Gasteiger partial charge >= 0.3 is 0 Å². The number of nitrogens with zero attached hydrogens (tertiary/aromatic N) is 1. The Hall–Kier alpha value is -3.45. The summed E-state index contributed by atoms with van der Waals surface area (Å²) in [4.78, 5) is 27.6. The Labute approximate surface area is 196 Å². The first-order chi connectivity index (χ1) is 16.1. The minimum Gasteiger partial charge on any atom is -0.454 e. The molecule has 6 nitrogen and oxygen atoms in total. The molecule has 2 atom stereocenters. The highest BCUT2D eigenvalue weighted by Crippen LogP contribution is 2.45. The summed E-state index contributed by atoms with van der Waals surface area (Å²) >= 11 is 1.57. The van der Waals surface area contributed by atoms with Crippen LogP contribution >= 0.6 is 11.8 Å². The standard InChI is InChI=1S/C26H24N2O4S/c1-2-21(17-7-4-3-5-8-17)25(30)27-19-10-6-9-18(13-19)26-28(24(29)15-33-26)20-11-12-22-23(14-20)32-16-31-22/h3-14,21,26H,2,15-16H2,1H3,(H,27,30)/t21-,26-/m1/s1. The third-order valence-corrected chi connectivity index (χ3v) is 7.08. The molecule has 0 saturated carbocycles. The lowest BCUT2D eigenvalue weighted by Gasteiger charge is -2.25. The van der Waals surface area contributed by atoms with Crippen LogP contribution in [0.25, 0.3) is 0 Å². The van der Waals surface area contributed by atoms with E-state index in [0.29, 0.717) is 23.7 Å². The number of rotatable bonds is 6. The van der Waals surface area contributed by atoms with E-state index in [1.807, 2.05) is 79.7 Å². The summed E-state index contributed by atoms with van der Waals surface area (Å²) in [6, 6.07) is 23.1. The normalized spacial score (nSPS) is 17.8. The van der Waals surface area contributed by atoms with Gasteiger partial charge in [-0.1, -0.05) is 49.4 Å². The largest absolute Gasteiger partial charge is 0.454 e. The first-order valence-corrected chi connectivity index (χ1v) is 12.0. The van der Waals surface area contributed by atoms with Crippen molar-refractivity contribution in [1.29, 1.82) is 0 Å². The fraction of sp³-hybridized carbons (Fsp3) is 0.231. The van der Waals surface area contributed by atoms with E-state index in [0.717, 1.165) is 22.5 Å². The van der Waals surface area contributed by atoms with E-state index in [-0.39, 0.29) is 29.9 Å². The molecular weight excluding hydrogens is 436 g/mol. The second kappa shape index (κ2) is 9.19. The van der Waals surface area contributed by atoms with E-state index in [2.05, 4.69) is 5.32 Å². The third kappa shape index (κ3) is 4.28. The molecule has 0 spiro atoms. The van der Waals surface area contributed by atoms with Crippen molar-refractivity contribution < 1.29 is 19.1 Å². The lowest BCUT2D eigenvalue weighted by atomic mass is 9.95. The molecule has 3 aromatic rings. The molecule has 0 radical (unpaired) electrons. The molecule has 1 saturated heterocycles. The highest BCUT2D eigenvalue weighted by Gasteiger charge is 2.35. The van der Waals surface area contributed by atoms with Crippen molar-refractivity contribution >= 4 is 35.0 Å². The predicted molar refractivity (Wildman–Crippen MR) is 130 cm³/mol. The molecule has 7 heteroatoms. The van der Waals surface area contributed by atoms with Crippen molar-refractivity contribution in [1.82, 2.24) is 0 Å². The molecule has 2 aliphatic rings. The zero-order valence-electron chi connectivity index (χ0n) is 18.2. The molecule has 1 fully saturated rings. The molecule has 2 heterocycles. The Morgan fingerprint density at radius 3 is 2.70 bits per heavy atom. The van der Waals surface area contributed by atoms with Gasteiger partial charge in [-0.15, -0.1) is 11.8 Å². The van der Waals surface area contributed by atoms with Gasteiger partial charge in [0.25, 0.3) is 0 Å². The van der Waals surface area contributed by atoms with Gasteiger partial charge in [-0.2, -0.15) is 0 Å². The zero-order valence-corrected chi connectivity index (χ0v) is 19.0. The monoisotopic (exact) mass is 460 g/mol. The molecular formula is C26H24N2O4S. The van der Waals surface area contributed by atoms with Gasteiger partial charge in [0, 0.05) is 17.4 Å². The molecule has 168 valence electrons. The van der Waals surface area contributed by atoms with Gasteiger partial charge in [0.05, 0.1) is 11.7 Å². The number of hydrogen-bond acceptors (Lipinski definition) is 5. The van der Waals surface area contributed by atoms with Crippen LogP contribution in [0.4, 0.5) is 11.4 Å². The van der Waals surface area contributed by atoms with Crippen LogP contribution in [0.5, 0.6) is 11.5 Å². The molecule has 2 amide bonds. The van der Waals surface area contributed by atoms with Crippen LogP contribution in [0.1, 0.15) is 35.8 Å². The number of ether oxygens (including phenoxy) is 2. The predicted octanol–water partition coefficient (Wildman–Crippen LogP) is 5.33. The van der Waals surface area contributed by atoms with Gasteiger partial charge in [-0.25, -0.2) is 0 Å². The Balaban J connectivity index is 1.38. The number of nitrogens with one attached hydrogen (secondary N) is 1. The first kappa shape index (κ1) is 21.4. The third-order valence-electron chi connectivity index (χ3n) is 5.87. The average molecular weight is 461 g/mol. The zero-order chi connectivity index (χ0) is 22.8. The smallest absolute Gasteiger partial charge is 0.238 e. The average Bonchev–Trinajstić information content (AvgIpc) is 3.46. The summed E-state index contributed by atoms with van der Waals surface area (Å²) in [5, 5.41) is 2.88. The Morgan fingerprint density at radius 2 is 1.88 bits per heavy atom. The first-order valence-electron chi connectivity index (χ1n) is 10.9. The second-order valence-corrected chi connectivity index (χ2v) is 9.02. The molecule has 3 aromatic carbocycles. The number of benzene rings is 3. The quantitative estimate of drug-likeness (QED) is 0.539. The number of hydrogen-bond donors (Lipinski definition) is 1. The summed E-state index contributed by atoms with van der Waals surface area (Å²) < 4.78 is 10.9. The number of amides is 2. The Bertz CT molecular complexity index is 1180. The second-order valence-electron chi connectivity index (χ2n) is 7.95. The van der Waals surface area contributed by atoms with Crippen LogP contribution in [0.15, 0.2) is 72.8 Å². The number of anilines is 2. The van der Waals surface area contributed by atoms with Crippen LogP contribution in [0.2, 0.25) is 0 Å². The molecule has 0 aromatic heterocycles. The lowest BCUT2D eigenvalue weighted by Crippen LogP contribution is -2.27. The van der Waals surface area contributed by atoms with Crippen molar-refractivity contribution in [3.8, 4) is 11.5 Å². The minimum atomic E-state index is -0.220. The van der Waals surface area contributed by atoms with E-state index in [4.69, 9.17) is 9.47 Å². The molecule has 5 rings (SSSR count). The summed E-state index contributed by atoms with van der Waals surface area (Å²) in [6.45, 7) is 2.20. The number of thioether (sulfide) groups is 1. The van der Waals surface area contributed by atoms with Crippen molar-refractivity contribution in [2.45, 2.75) is 24.6 Å². The van der Waals surface area contributed by atoms with Gasteiger partial charge in [0.2, 0.25) is 18.6 Å². The van der Waals surface area contributed by atoms with Gasteiger partial charge < -0.3 is 14.8 Å². The van der Waals surface area contributed by atoms with Gasteiger partial charge in [-0.3, -0.25) is 14.5 Å². The highest BCUT2D eigenvalue weighted by atomic mass is 32.2. The molecule has 2 aliphatic heterocycles. The lowest BCUT2D eigenvalue weighted by molar-refractivity contribution is -0.118. The topological polar surface area (TPSA) is 67.9 Å². The summed E-state index contributed by atoms with van der Waals surface area (Å²) in [7, 11) is 0. The van der Waals surface area contributed by atoms with E-state index in [9.17, 15) is 9.59 Å². The van der Waals surface area contributed by atoms with Crippen molar-refractivity contribution in [3.05, 3.63) is 83.9 Å². The van der Waals surface area contributed by atoms with Crippen LogP contribution in [-0.2, 0) is 9.59 Å². The molecule has 1 N–H and O–H groups in total. The number of carbonyl (C=O) groups excluding carboxylic acids is 2. The fourth-order valence-electron chi connectivity index (χ4n) is 4.24. The molecule has 0 aliphatic carbocycles. The number of carbonyl (C=O) groups is 2. The highest BCUT2D eigenvalue weighted by molar-refractivity contribution is 8.00. The van der Waals surface area contributed by atoms with E-state index < -0.39 is 0 Å².